The highest BCUT2D eigenvalue weighted by Crippen LogP contribution is 2.40. The van der Waals surface area contributed by atoms with Crippen molar-refractivity contribution in [3.05, 3.63) is 124 Å². The molecule has 1 fully saturated rings. The number of rotatable bonds is 8. The maximum absolute atomic E-state index is 6.44. The second kappa shape index (κ2) is 12.2. The summed E-state index contributed by atoms with van der Waals surface area (Å²) in [6.07, 6.45) is 0. The van der Waals surface area contributed by atoms with Gasteiger partial charge < -0.3 is 24.8 Å². The first kappa shape index (κ1) is 26.5. The predicted molar refractivity (Wildman–Crippen MR) is 160 cm³/mol. The third-order valence-corrected chi connectivity index (χ3v) is 7.30. The zero-order valence-electron chi connectivity index (χ0n) is 22.9. The summed E-state index contributed by atoms with van der Waals surface area (Å²) in [6, 6.07) is 32.0. The van der Waals surface area contributed by atoms with Gasteiger partial charge >= 0.3 is 0 Å². The number of nitrogens with two attached hydrogens (primary N) is 1. The molecule has 0 atom stereocenters. The lowest BCUT2D eigenvalue weighted by Crippen LogP contribution is -2.36. The summed E-state index contributed by atoms with van der Waals surface area (Å²) in [7, 11) is 3.38. The maximum atomic E-state index is 6.44. The molecule has 5 heteroatoms. The Balaban J connectivity index is 1.79. The van der Waals surface area contributed by atoms with E-state index >= 15 is 0 Å². The van der Waals surface area contributed by atoms with Gasteiger partial charge in [-0.05, 0) is 82.3 Å². The smallest absolute Gasteiger partial charge is 0.118 e. The maximum Gasteiger partial charge on any atom is 0.118 e. The molecular weight excluding hydrogens is 484 g/mol. The van der Waals surface area contributed by atoms with Gasteiger partial charge in [-0.15, -0.1) is 0 Å². The summed E-state index contributed by atoms with van der Waals surface area (Å²) in [5.41, 5.74) is 16.7. The average molecular weight is 521 g/mol. The highest BCUT2D eigenvalue weighted by molar-refractivity contribution is 6.05. The normalized spacial score (nSPS) is 14.1. The van der Waals surface area contributed by atoms with Crippen LogP contribution in [-0.4, -0.2) is 40.5 Å². The Kier molecular flexibility index (Phi) is 8.30. The van der Waals surface area contributed by atoms with Crippen LogP contribution in [0, 0.1) is 6.92 Å². The third-order valence-electron chi connectivity index (χ3n) is 7.30. The van der Waals surface area contributed by atoms with Gasteiger partial charge in [-0.25, -0.2) is 0 Å². The third kappa shape index (κ3) is 5.85. The number of ether oxygens (including phenoxy) is 3. The highest BCUT2D eigenvalue weighted by Gasteiger charge is 2.20. The molecule has 4 aromatic rings. The number of methoxy groups -OCH3 is 2. The van der Waals surface area contributed by atoms with Gasteiger partial charge in [0, 0.05) is 25.3 Å². The first-order valence-electron chi connectivity index (χ1n) is 13.4. The van der Waals surface area contributed by atoms with Gasteiger partial charge in [0.1, 0.15) is 11.5 Å². The lowest BCUT2D eigenvalue weighted by atomic mass is 9.83. The Morgan fingerprint density at radius 3 is 1.74 bits per heavy atom. The van der Waals surface area contributed by atoms with Gasteiger partial charge in [-0.2, -0.15) is 0 Å². The van der Waals surface area contributed by atoms with Crippen molar-refractivity contribution < 1.29 is 14.2 Å². The number of hydrogen-bond acceptors (Lipinski definition) is 5. The second-order valence-corrected chi connectivity index (χ2v) is 9.72. The molecule has 1 saturated heterocycles. The highest BCUT2D eigenvalue weighted by atomic mass is 16.5. The van der Waals surface area contributed by atoms with Gasteiger partial charge in [0.25, 0.3) is 0 Å². The minimum atomic E-state index is 0.428. The molecule has 1 heterocycles. The van der Waals surface area contributed by atoms with Crippen LogP contribution in [0.5, 0.6) is 11.5 Å². The van der Waals surface area contributed by atoms with Crippen molar-refractivity contribution >= 4 is 16.8 Å². The number of aryl methyl sites for hydroxylation is 1. The summed E-state index contributed by atoms with van der Waals surface area (Å²) >= 11 is 0. The largest absolute Gasteiger partial charge is 0.497 e. The van der Waals surface area contributed by atoms with Gasteiger partial charge in [0.2, 0.25) is 0 Å². The van der Waals surface area contributed by atoms with Crippen LogP contribution in [0.25, 0.3) is 11.1 Å². The van der Waals surface area contributed by atoms with Crippen molar-refractivity contribution in [3.63, 3.8) is 0 Å². The van der Waals surface area contributed by atoms with Crippen LogP contribution >= 0.6 is 0 Å². The first-order valence-corrected chi connectivity index (χ1v) is 13.4. The molecule has 200 valence electrons. The number of nitrogens with zero attached hydrogens (tertiary/aromatic N) is 1. The fourth-order valence-electron chi connectivity index (χ4n) is 5.14. The van der Waals surface area contributed by atoms with E-state index in [1.807, 2.05) is 24.3 Å². The SMILES string of the molecule is COc1ccc(/C(=C(/c2ccc(OC)cc2)c2ccc(N3CCOCC3)cc2CN)c2ccc(C)cc2)cc1. The topological polar surface area (TPSA) is 57.0 Å². The molecule has 0 radical (unpaired) electrons. The molecular formula is C34H36N2O3. The Morgan fingerprint density at radius 2 is 1.23 bits per heavy atom. The van der Waals surface area contributed by atoms with E-state index in [9.17, 15) is 0 Å². The Labute approximate surface area is 231 Å². The molecule has 0 aliphatic carbocycles. The van der Waals surface area contributed by atoms with Crippen molar-refractivity contribution in [1.82, 2.24) is 0 Å². The fraction of sp³-hybridized carbons (Fsp3) is 0.235. The van der Waals surface area contributed by atoms with Crippen molar-refractivity contribution in [2.45, 2.75) is 13.5 Å². The molecule has 0 aromatic heterocycles. The zero-order chi connectivity index (χ0) is 27.2. The molecule has 4 aromatic carbocycles. The Bertz CT molecular complexity index is 1420. The molecule has 0 spiro atoms. The lowest BCUT2D eigenvalue weighted by molar-refractivity contribution is 0.122. The van der Waals surface area contributed by atoms with E-state index in [1.54, 1.807) is 14.2 Å². The second-order valence-electron chi connectivity index (χ2n) is 9.72. The van der Waals surface area contributed by atoms with E-state index < -0.39 is 0 Å². The molecule has 0 amide bonds. The van der Waals surface area contributed by atoms with E-state index in [-0.39, 0.29) is 0 Å². The summed E-state index contributed by atoms with van der Waals surface area (Å²) in [5, 5.41) is 0. The van der Waals surface area contributed by atoms with Crippen LogP contribution in [0.2, 0.25) is 0 Å². The van der Waals surface area contributed by atoms with Gasteiger partial charge in [0.05, 0.1) is 27.4 Å². The van der Waals surface area contributed by atoms with E-state index in [0.717, 1.165) is 76.8 Å². The van der Waals surface area contributed by atoms with Gasteiger partial charge in [0.15, 0.2) is 0 Å². The van der Waals surface area contributed by atoms with Gasteiger partial charge in [-0.3, -0.25) is 0 Å². The molecule has 39 heavy (non-hydrogen) atoms. The van der Waals surface area contributed by atoms with E-state index in [1.165, 1.54) is 11.3 Å². The van der Waals surface area contributed by atoms with Crippen LogP contribution in [-0.2, 0) is 11.3 Å². The zero-order valence-corrected chi connectivity index (χ0v) is 22.9. The van der Waals surface area contributed by atoms with E-state index in [2.05, 4.69) is 78.6 Å². The molecule has 0 saturated carbocycles. The van der Waals surface area contributed by atoms with Crippen molar-refractivity contribution in [2.24, 2.45) is 5.73 Å². The van der Waals surface area contributed by atoms with Crippen LogP contribution in [0.3, 0.4) is 0 Å². The van der Waals surface area contributed by atoms with Crippen LogP contribution in [0.4, 0.5) is 5.69 Å². The van der Waals surface area contributed by atoms with Crippen molar-refractivity contribution in [3.8, 4) is 11.5 Å². The van der Waals surface area contributed by atoms with Crippen LogP contribution in [0.15, 0.2) is 91.0 Å². The minimum Gasteiger partial charge on any atom is -0.497 e. The quantitative estimate of drug-likeness (QED) is 0.276. The molecule has 5 nitrogen and oxygen atoms in total. The molecule has 5 rings (SSSR count). The molecule has 0 bridgehead atoms. The molecule has 1 aliphatic rings. The standard InChI is InChI=1S/C34H36N2O3/c1-24-4-6-25(7-5-24)33(26-8-13-30(37-2)14-9-26)34(27-10-15-31(38-3)16-11-27)32-17-12-29(22-28(32)23-35)36-18-20-39-21-19-36/h4-17,22H,18-21,23,35H2,1-3H3/b34-33-. The summed E-state index contributed by atoms with van der Waals surface area (Å²) in [6.45, 7) is 5.78. The lowest BCUT2D eigenvalue weighted by Gasteiger charge is -2.30. The molecule has 2 N–H and O–H groups in total. The summed E-state index contributed by atoms with van der Waals surface area (Å²) in [5.74, 6) is 1.65. The van der Waals surface area contributed by atoms with E-state index in [0.29, 0.717) is 6.54 Å². The monoisotopic (exact) mass is 520 g/mol. The minimum absolute atomic E-state index is 0.428. The van der Waals surface area contributed by atoms with E-state index in [4.69, 9.17) is 19.9 Å². The number of morpholine rings is 1. The number of anilines is 1. The predicted octanol–water partition coefficient (Wildman–Crippen LogP) is 6.31. The Hall–Kier alpha value is -4.06. The fourth-order valence-corrected chi connectivity index (χ4v) is 5.14. The number of hydrogen-bond donors (Lipinski definition) is 1. The molecule has 1 aliphatic heterocycles. The van der Waals surface area contributed by atoms with Crippen LogP contribution < -0.4 is 20.1 Å². The molecule has 0 unspecified atom stereocenters. The number of benzene rings is 4. The Morgan fingerprint density at radius 1 is 0.718 bits per heavy atom. The van der Waals surface area contributed by atoms with Gasteiger partial charge in [-0.1, -0.05) is 60.2 Å². The summed E-state index contributed by atoms with van der Waals surface area (Å²) < 4.78 is 16.5. The first-order chi connectivity index (χ1) is 19.1. The van der Waals surface area contributed by atoms with Crippen LogP contribution in [0.1, 0.15) is 33.4 Å². The van der Waals surface area contributed by atoms with Crippen molar-refractivity contribution in [1.29, 1.82) is 0 Å². The summed E-state index contributed by atoms with van der Waals surface area (Å²) in [4.78, 5) is 2.37. The van der Waals surface area contributed by atoms with Crippen molar-refractivity contribution in [2.75, 3.05) is 45.4 Å². The average Bonchev–Trinajstić information content (AvgIpc) is 3.01.